The fourth-order valence-corrected chi connectivity index (χ4v) is 1.49. The molecule has 88 valence electrons. The van der Waals surface area contributed by atoms with Gasteiger partial charge in [0.25, 0.3) is 5.91 Å². The van der Waals surface area contributed by atoms with Crippen LogP contribution < -0.4 is 11.1 Å². The largest absolute Gasteiger partial charge is 0.398 e. The summed E-state index contributed by atoms with van der Waals surface area (Å²) in [5.41, 5.74) is 8.39. The van der Waals surface area contributed by atoms with Gasteiger partial charge in [-0.2, -0.15) is 0 Å². The predicted molar refractivity (Wildman–Crippen MR) is 63.3 cm³/mol. The van der Waals surface area contributed by atoms with Gasteiger partial charge >= 0.3 is 0 Å². The number of nitrogen functional groups attached to an aromatic ring is 1. The molecule has 2 rings (SSSR count). The van der Waals surface area contributed by atoms with Gasteiger partial charge in [0.1, 0.15) is 12.0 Å². The van der Waals surface area contributed by atoms with E-state index in [1.54, 1.807) is 24.3 Å². The zero-order chi connectivity index (χ0) is 12.3. The molecule has 0 saturated heterocycles. The van der Waals surface area contributed by atoms with Crippen LogP contribution in [0.1, 0.15) is 21.6 Å². The Balaban J connectivity index is 2.07. The molecule has 5 nitrogen and oxygen atoms in total. The zero-order valence-corrected chi connectivity index (χ0v) is 9.43. The lowest BCUT2D eigenvalue weighted by molar-refractivity contribution is 0.0949. The highest BCUT2D eigenvalue weighted by Crippen LogP contribution is 2.15. The van der Waals surface area contributed by atoms with Gasteiger partial charge in [0.2, 0.25) is 0 Å². The molecule has 0 atom stereocenters. The lowest BCUT2D eigenvalue weighted by atomic mass is 10.1. The van der Waals surface area contributed by atoms with Crippen LogP contribution in [-0.4, -0.2) is 11.1 Å². The molecule has 0 spiro atoms. The molecular formula is C12H13N3O2. The van der Waals surface area contributed by atoms with Crippen LogP contribution in [0.25, 0.3) is 0 Å². The molecule has 3 N–H and O–H groups in total. The van der Waals surface area contributed by atoms with Crippen LogP contribution in [-0.2, 0) is 6.54 Å². The molecule has 1 amide bonds. The van der Waals surface area contributed by atoms with Crippen molar-refractivity contribution in [1.82, 2.24) is 10.5 Å². The molecule has 5 heteroatoms. The first-order valence-electron chi connectivity index (χ1n) is 5.21. The Morgan fingerprint density at radius 1 is 1.47 bits per heavy atom. The molecule has 0 aliphatic rings. The van der Waals surface area contributed by atoms with Gasteiger partial charge in [-0.05, 0) is 24.6 Å². The third kappa shape index (κ3) is 2.44. The molecule has 0 unspecified atom stereocenters. The maximum atomic E-state index is 11.9. The Hall–Kier alpha value is -2.30. The van der Waals surface area contributed by atoms with E-state index < -0.39 is 0 Å². The second kappa shape index (κ2) is 4.69. The highest BCUT2D eigenvalue weighted by atomic mass is 16.5. The van der Waals surface area contributed by atoms with Crippen molar-refractivity contribution >= 4 is 11.6 Å². The molecule has 1 aromatic heterocycles. The second-order valence-corrected chi connectivity index (χ2v) is 3.69. The molecule has 2 aromatic rings. The number of amides is 1. The molecule has 0 aliphatic carbocycles. The van der Waals surface area contributed by atoms with Crippen LogP contribution >= 0.6 is 0 Å². The van der Waals surface area contributed by atoms with E-state index in [9.17, 15) is 4.79 Å². The first kappa shape index (κ1) is 11.2. The number of nitrogens with zero attached hydrogens (tertiary/aromatic N) is 1. The van der Waals surface area contributed by atoms with Crippen molar-refractivity contribution in [3.8, 4) is 0 Å². The standard InChI is InChI=1S/C12H13N3O2/c1-8-10(3-2-4-11(8)13)12(16)14-7-9-5-6-17-15-9/h2-6H,7,13H2,1H3,(H,14,16). The number of carbonyl (C=O) groups excluding carboxylic acids is 1. The van der Waals surface area contributed by atoms with Crippen molar-refractivity contribution in [2.45, 2.75) is 13.5 Å². The monoisotopic (exact) mass is 231 g/mol. The molecule has 0 aliphatic heterocycles. The maximum absolute atomic E-state index is 11.9. The molecule has 1 aromatic carbocycles. The first-order chi connectivity index (χ1) is 8.18. The van der Waals surface area contributed by atoms with E-state index in [1.165, 1.54) is 6.26 Å². The number of carbonyl (C=O) groups is 1. The van der Waals surface area contributed by atoms with Crippen LogP contribution in [0.15, 0.2) is 35.1 Å². The van der Waals surface area contributed by atoms with Crippen molar-refractivity contribution in [2.75, 3.05) is 5.73 Å². The average Bonchev–Trinajstić information content (AvgIpc) is 2.82. The molecule has 0 saturated carbocycles. The second-order valence-electron chi connectivity index (χ2n) is 3.69. The molecule has 0 fully saturated rings. The minimum Gasteiger partial charge on any atom is -0.398 e. The summed E-state index contributed by atoms with van der Waals surface area (Å²) in [7, 11) is 0. The smallest absolute Gasteiger partial charge is 0.251 e. The minimum atomic E-state index is -0.169. The Morgan fingerprint density at radius 3 is 3.00 bits per heavy atom. The third-order valence-electron chi connectivity index (χ3n) is 2.54. The Labute approximate surface area is 98.6 Å². The summed E-state index contributed by atoms with van der Waals surface area (Å²) in [6.45, 7) is 2.16. The van der Waals surface area contributed by atoms with E-state index in [2.05, 4.69) is 15.0 Å². The van der Waals surface area contributed by atoms with Crippen molar-refractivity contribution in [3.63, 3.8) is 0 Å². The van der Waals surface area contributed by atoms with Gasteiger partial charge in [-0.25, -0.2) is 0 Å². The van der Waals surface area contributed by atoms with Crippen molar-refractivity contribution in [3.05, 3.63) is 47.3 Å². The van der Waals surface area contributed by atoms with Crippen molar-refractivity contribution in [2.24, 2.45) is 0 Å². The van der Waals surface area contributed by atoms with E-state index in [4.69, 9.17) is 5.73 Å². The number of hydrogen-bond acceptors (Lipinski definition) is 4. The minimum absolute atomic E-state index is 0.169. The summed E-state index contributed by atoms with van der Waals surface area (Å²) in [6.07, 6.45) is 1.47. The average molecular weight is 231 g/mol. The molecule has 1 heterocycles. The van der Waals surface area contributed by atoms with Crippen LogP contribution in [0.3, 0.4) is 0 Å². The van der Waals surface area contributed by atoms with Crippen LogP contribution in [0.5, 0.6) is 0 Å². The lowest BCUT2D eigenvalue weighted by Gasteiger charge is -2.08. The van der Waals surface area contributed by atoms with Gasteiger partial charge in [-0.1, -0.05) is 11.2 Å². The van der Waals surface area contributed by atoms with E-state index in [1.807, 2.05) is 6.92 Å². The third-order valence-corrected chi connectivity index (χ3v) is 2.54. The van der Waals surface area contributed by atoms with E-state index in [0.29, 0.717) is 23.5 Å². The number of hydrogen-bond donors (Lipinski definition) is 2. The summed E-state index contributed by atoms with van der Waals surface area (Å²) in [5, 5.41) is 6.46. The number of benzene rings is 1. The number of nitrogens with one attached hydrogen (secondary N) is 1. The number of rotatable bonds is 3. The Kier molecular flexibility index (Phi) is 3.09. The van der Waals surface area contributed by atoms with E-state index >= 15 is 0 Å². The van der Waals surface area contributed by atoms with Gasteiger partial charge < -0.3 is 15.6 Å². The van der Waals surface area contributed by atoms with Gasteiger partial charge in [-0.15, -0.1) is 0 Å². The van der Waals surface area contributed by atoms with Crippen molar-refractivity contribution in [1.29, 1.82) is 0 Å². The highest BCUT2D eigenvalue weighted by Gasteiger charge is 2.10. The maximum Gasteiger partial charge on any atom is 0.251 e. The molecular weight excluding hydrogens is 218 g/mol. The first-order valence-corrected chi connectivity index (χ1v) is 5.21. The van der Waals surface area contributed by atoms with E-state index in [-0.39, 0.29) is 5.91 Å². The normalized spacial score (nSPS) is 10.2. The number of nitrogens with two attached hydrogens (primary N) is 1. The number of aromatic nitrogens is 1. The van der Waals surface area contributed by atoms with Gasteiger partial charge in [0.15, 0.2) is 0 Å². The zero-order valence-electron chi connectivity index (χ0n) is 9.43. The Bertz CT molecular complexity index is 521. The molecule has 17 heavy (non-hydrogen) atoms. The summed E-state index contributed by atoms with van der Waals surface area (Å²) < 4.78 is 4.67. The van der Waals surface area contributed by atoms with Crippen molar-refractivity contribution < 1.29 is 9.32 Å². The summed E-state index contributed by atoms with van der Waals surface area (Å²) in [6, 6.07) is 6.97. The van der Waals surface area contributed by atoms with Gasteiger partial charge in [-0.3, -0.25) is 4.79 Å². The van der Waals surface area contributed by atoms with E-state index in [0.717, 1.165) is 5.56 Å². The number of anilines is 1. The summed E-state index contributed by atoms with van der Waals surface area (Å²) in [4.78, 5) is 11.9. The Morgan fingerprint density at radius 2 is 2.29 bits per heavy atom. The molecule has 0 radical (unpaired) electrons. The highest BCUT2D eigenvalue weighted by molar-refractivity contribution is 5.96. The predicted octanol–water partition coefficient (Wildman–Crippen LogP) is 1.50. The van der Waals surface area contributed by atoms with Gasteiger partial charge in [0, 0.05) is 17.3 Å². The van der Waals surface area contributed by atoms with Crippen LogP contribution in [0, 0.1) is 6.92 Å². The van der Waals surface area contributed by atoms with Crippen LogP contribution in [0.2, 0.25) is 0 Å². The lowest BCUT2D eigenvalue weighted by Crippen LogP contribution is -2.24. The summed E-state index contributed by atoms with van der Waals surface area (Å²) in [5.74, 6) is -0.169. The SMILES string of the molecule is Cc1c(N)cccc1C(=O)NCc1ccon1. The fourth-order valence-electron chi connectivity index (χ4n) is 1.49. The summed E-state index contributed by atoms with van der Waals surface area (Å²) >= 11 is 0. The fraction of sp³-hybridized carbons (Fsp3) is 0.167. The molecule has 0 bridgehead atoms. The van der Waals surface area contributed by atoms with Crippen LogP contribution in [0.4, 0.5) is 5.69 Å². The van der Waals surface area contributed by atoms with Gasteiger partial charge in [0.05, 0.1) is 6.54 Å². The quantitative estimate of drug-likeness (QED) is 0.784. The topological polar surface area (TPSA) is 81.2 Å².